The molecule has 5 heteroatoms. The molecule has 2 N–H and O–H groups in total. The molecule has 1 aromatic rings. The molecule has 0 unspecified atom stereocenters. The van der Waals surface area contributed by atoms with Gasteiger partial charge in [0.05, 0.1) is 0 Å². The van der Waals surface area contributed by atoms with Crippen LogP contribution in [0.4, 0.5) is 11.6 Å². The van der Waals surface area contributed by atoms with Gasteiger partial charge in [-0.15, -0.1) is 0 Å². The van der Waals surface area contributed by atoms with Gasteiger partial charge in [-0.3, -0.25) is 0 Å². The predicted molar refractivity (Wildman–Crippen MR) is 91.3 cm³/mol. The number of nitrogens with one attached hydrogen (secondary N) is 2. The predicted octanol–water partition coefficient (Wildman–Crippen LogP) is 2.88. The van der Waals surface area contributed by atoms with Crippen LogP contribution in [0.1, 0.15) is 46.0 Å². The lowest BCUT2D eigenvalue weighted by atomic mass is 9.95. The molecular formula is C16H31N5. The van der Waals surface area contributed by atoms with Gasteiger partial charge < -0.3 is 15.5 Å². The van der Waals surface area contributed by atoms with Crippen LogP contribution in [0.2, 0.25) is 0 Å². The van der Waals surface area contributed by atoms with Crippen molar-refractivity contribution in [3.8, 4) is 0 Å². The molecule has 1 heterocycles. The van der Waals surface area contributed by atoms with Gasteiger partial charge in [-0.25, -0.2) is 9.97 Å². The molecule has 21 heavy (non-hydrogen) atoms. The van der Waals surface area contributed by atoms with E-state index in [1.165, 1.54) is 0 Å². The van der Waals surface area contributed by atoms with Crippen molar-refractivity contribution in [2.45, 2.75) is 53.0 Å². The molecule has 1 rings (SSSR count). The minimum absolute atomic E-state index is 0.0650. The molecule has 0 aliphatic carbocycles. The molecule has 0 amide bonds. The fourth-order valence-electron chi connectivity index (χ4n) is 1.88. The second-order valence-corrected chi connectivity index (χ2v) is 6.87. The van der Waals surface area contributed by atoms with Crippen LogP contribution in [-0.4, -0.2) is 48.1 Å². The second kappa shape index (κ2) is 7.07. The van der Waals surface area contributed by atoms with E-state index in [4.69, 9.17) is 4.98 Å². The first-order valence-corrected chi connectivity index (χ1v) is 7.67. The molecule has 0 radical (unpaired) electrons. The number of rotatable bonds is 6. The van der Waals surface area contributed by atoms with Crippen molar-refractivity contribution in [2.75, 3.05) is 37.8 Å². The van der Waals surface area contributed by atoms with Gasteiger partial charge in [0.1, 0.15) is 17.5 Å². The van der Waals surface area contributed by atoms with Crippen LogP contribution in [0.15, 0.2) is 0 Å². The lowest BCUT2D eigenvalue weighted by molar-refractivity contribution is 0.284. The largest absolute Gasteiger partial charge is 0.373 e. The van der Waals surface area contributed by atoms with Crippen LogP contribution >= 0.6 is 0 Å². The second-order valence-electron chi connectivity index (χ2n) is 6.87. The highest BCUT2D eigenvalue weighted by atomic mass is 15.1. The summed E-state index contributed by atoms with van der Waals surface area (Å²) in [6.45, 7) is 14.7. The molecule has 5 nitrogen and oxygen atoms in total. The van der Waals surface area contributed by atoms with Crippen LogP contribution in [0, 0.1) is 6.92 Å². The maximum atomic E-state index is 4.71. The highest BCUT2D eigenvalue weighted by molar-refractivity contribution is 5.57. The van der Waals surface area contributed by atoms with Gasteiger partial charge in [-0.1, -0.05) is 20.8 Å². The Morgan fingerprint density at radius 3 is 2.19 bits per heavy atom. The molecule has 0 fully saturated rings. The highest BCUT2D eigenvalue weighted by Gasteiger charge is 2.20. The number of anilines is 2. The molecule has 0 saturated heterocycles. The summed E-state index contributed by atoms with van der Waals surface area (Å²) in [5, 5.41) is 6.62. The maximum Gasteiger partial charge on any atom is 0.138 e. The Morgan fingerprint density at radius 2 is 1.71 bits per heavy atom. The first kappa shape index (κ1) is 17.7. The number of hydrogen-bond acceptors (Lipinski definition) is 5. The standard InChI is InChI=1S/C16H31N5/c1-11(2)21(8)10-9-18-14-12(3)13(17-7)19-15(20-14)16(4,5)6/h11H,9-10H2,1-8H3,(H2,17,18,19,20). The van der Waals surface area contributed by atoms with Crippen molar-refractivity contribution >= 4 is 11.6 Å². The number of likely N-dealkylation sites (N-methyl/N-ethyl adjacent to an activating group) is 1. The molecular weight excluding hydrogens is 262 g/mol. The van der Waals surface area contributed by atoms with Gasteiger partial charge in [-0.2, -0.15) is 0 Å². The molecule has 1 aromatic heterocycles. The quantitative estimate of drug-likeness (QED) is 0.844. The van der Waals surface area contributed by atoms with E-state index in [0.717, 1.165) is 36.1 Å². The van der Waals surface area contributed by atoms with Crippen molar-refractivity contribution in [3.05, 3.63) is 11.4 Å². The van der Waals surface area contributed by atoms with Gasteiger partial charge in [0.15, 0.2) is 0 Å². The molecule has 0 spiro atoms. The summed E-state index contributed by atoms with van der Waals surface area (Å²) in [6, 6.07) is 0.552. The third-order valence-corrected chi connectivity index (χ3v) is 3.69. The van der Waals surface area contributed by atoms with Gasteiger partial charge in [0.25, 0.3) is 0 Å². The third kappa shape index (κ3) is 4.84. The molecule has 0 aliphatic heterocycles. The Balaban J connectivity index is 2.90. The molecule has 0 aromatic carbocycles. The molecule has 0 atom stereocenters. The minimum Gasteiger partial charge on any atom is -0.373 e. The Hall–Kier alpha value is -1.36. The fourth-order valence-corrected chi connectivity index (χ4v) is 1.88. The zero-order valence-electron chi connectivity index (χ0n) is 14.8. The number of hydrogen-bond donors (Lipinski definition) is 2. The summed E-state index contributed by atoms with van der Waals surface area (Å²) in [5.74, 6) is 2.68. The third-order valence-electron chi connectivity index (χ3n) is 3.69. The van der Waals surface area contributed by atoms with Crippen molar-refractivity contribution in [3.63, 3.8) is 0 Å². The van der Waals surface area contributed by atoms with Gasteiger partial charge in [0, 0.05) is 37.2 Å². The van der Waals surface area contributed by atoms with Crippen molar-refractivity contribution in [1.29, 1.82) is 0 Å². The van der Waals surface area contributed by atoms with Crippen molar-refractivity contribution in [2.24, 2.45) is 0 Å². The summed E-state index contributed by atoms with van der Waals surface area (Å²) in [6.07, 6.45) is 0. The van der Waals surface area contributed by atoms with Crippen LogP contribution in [0.25, 0.3) is 0 Å². The average Bonchev–Trinajstić information content (AvgIpc) is 2.38. The topological polar surface area (TPSA) is 53.1 Å². The monoisotopic (exact) mass is 293 g/mol. The van der Waals surface area contributed by atoms with Crippen LogP contribution in [0.5, 0.6) is 0 Å². The maximum absolute atomic E-state index is 4.71. The van der Waals surface area contributed by atoms with E-state index in [-0.39, 0.29) is 5.41 Å². The molecule has 0 aliphatic rings. The summed E-state index contributed by atoms with van der Waals surface area (Å²) >= 11 is 0. The van der Waals surface area contributed by atoms with Gasteiger partial charge >= 0.3 is 0 Å². The smallest absolute Gasteiger partial charge is 0.138 e. The van der Waals surface area contributed by atoms with E-state index in [9.17, 15) is 0 Å². The Kier molecular flexibility index (Phi) is 5.96. The Bertz CT molecular complexity index is 462. The highest BCUT2D eigenvalue weighted by Crippen LogP contribution is 2.25. The van der Waals surface area contributed by atoms with E-state index < -0.39 is 0 Å². The van der Waals surface area contributed by atoms with E-state index in [2.05, 4.69) is 62.2 Å². The van der Waals surface area contributed by atoms with E-state index >= 15 is 0 Å². The van der Waals surface area contributed by atoms with Crippen molar-refractivity contribution < 1.29 is 0 Å². The summed E-state index contributed by atoms with van der Waals surface area (Å²) < 4.78 is 0. The first-order valence-electron chi connectivity index (χ1n) is 7.67. The van der Waals surface area contributed by atoms with Gasteiger partial charge in [0.2, 0.25) is 0 Å². The number of nitrogens with zero attached hydrogens (tertiary/aromatic N) is 3. The number of aromatic nitrogens is 2. The lowest BCUT2D eigenvalue weighted by Crippen LogP contribution is -2.31. The molecule has 0 bridgehead atoms. The summed E-state index contributed by atoms with van der Waals surface area (Å²) in [5.41, 5.74) is 1.00. The van der Waals surface area contributed by atoms with Gasteiger partial charge in [-0.05, 0) is 27.8 Å². The minimum atomic E-state index is -0.0650. The van der Waals surface area contributed by atoms with E-state index in [1.807, 2.05) is 14.0 Å². The van der Waals surface area contributed by atoms with E-state index in [1.54, 1.807) is 0 Å². The van der Waals surface area contributed by atoms with Crippen LogP contribution in [0.3, 0.4) is 0 Å². The zero-order valence-corrected chi connectivity index (χ0v) is 14.8. The Morgan fingerprint density at radius 1 is 1.14 bits per heavy atom. The summed E-state index contributed by atoms with van der Waals surface area (Å²) in [7, 11) is 4.04. The normalized spacial score (nSPS) is 12.1. The van der Waals surface area contributed by atoms with Crippen LogP contribution in [-0.2, 0) is 5.41 Å². The zero-order chi connectivity index (χ0) is 16.2. The first-order chi connectivity index (χ1) is 9.66. The van der Waals surface area contributed by atoms with Crippen LogP contribution < -0.4 is 10.6 Å². The Labute approximate surface area is 129 Å². The van der Waals surface area contributed by atoms with E-state index in [0.29, 0.717) is 6.04 Å². The molecule has 0 saturated carbocycles. The molecule has 120 valence electrons. The lowest BCUT2D eigenvalue weighted by Gasteiger charge is -2.23. The summed E-state index contributed by atoms with van der Waals surface area (Å²) in [4.78, 5) is 11.6. The fraction of sp³-hybridized carbons (Fsp3) is 0.750. The van der Waals surface area contributed by atoms with Crippen molar-refractivity contribution in [1.82, 2.24) is 14.9 Å². The average molecular weight is 293 g/mol. The SMILES string of the molecule is CNc1nc(C(C)(C)C)nc(NCCN(C)C(C)C)c1C.